The van der Waals surface area contributed by atoms with E-state index in [1.54, 1.807) is 0 Å². The third-order valence-electron chi connectivity index (χ3n) is 3.81. The lowest BCUT2D eigenvalue weighted by atomic mass is 9.87. The topological polar surface area (TPSA) is 29.1 Å². The van der Waals surface area contributed by atoms with Gasteiger partial charge in [0, 0.05) is 11.5 Å². The molecule has 2 heteroatoms. The molecule has 0 unspecified atom stereocenters. The first kappa shape index (κ1) is 13.5. The van der Waals surface area contributed by atoms with Crippen molar-refractivity contribution >= 4 is 5.91 Å². The number of hydrogen-bond donors (Lipinski definition) is 1. The highest BCUT2D eigenvalue weighted by Crippen LogP contribution is 2.37. The highest BCUT2D eigenvalue weighted by atomic mass is 16.2. The van der Waals surface area contributed by atoms with Gasteiger partial charge in [-0.2, -0.15) is 0 Å². The van der Waals surface area contributed by atoms with Crippen LogP contribution in [0.3, 0.4) is 0 Å². The fourth-order valence-corrected chi connectivity index (χ4v) is 2.44. The molecule has 1 amide bonds. The molecule has 0 aromatic carbocycles. The number of hydrogen-bond acceptors (Lipinski definition) is 1. The Kier molecular flexibility index (Phi) is 4.82. The summed E-state index contributed by atoms with van der Waals surface area (Å²) < 4.78 is 0. The average Bonchev–Trinajstić information content (AvgIpc) is 2.63. The molecule has 0 aromatic rings. The Morgan fingerprint density at radius 3 is 2.25 bits per heavy atom. The molecule has 1 rings (SSSR count). The van der Waals surface area contributed by atoms with Crippen LogP contribution in [0.25, 0.3) is 0 Å². The maximum atomic E-state index is 12.1. The molecule has 0 radical (unpaired) electrons. The monoisotopic (exact) mass is 225 g/mol. The van der Waals surface area contributed by atoms with Gasteiger partial charge in [0.2, 0.25) is 5.91 Å². The van der Waals surface area contributed by atoms with E-state index in [4.69, 9.17) is 0 Å². The Morgan fingerprint density at radius 2 is 1.75 bits per heavy atom. The third-order valence-corrected chi connectivity index (χ3v) is 3.81. The Hall–Kier alpha value is -0.530. The van der Waals surface area contributed by atoms with Gasteiger partial charge in [-0.25, -0.2) is 0 Å². The summed E-state index contributed by atoms with van der Waals surface area (Å²) in [6.45, 7) is 8.70. The summed E-state index contributed by atoms with van der Waals surface area (Å²) >= 11 is 0. The van der Waals surface area contributed by atoms with Crippen LogP contribution in [-0.4, -0.2) is 11.9 Å². The van der Waals surface area contributed by atoms with Crippen molar-refractivity contribution in [1.82, 2.24) is 5.32 Å². The van der Waals surface area contributed by atoms with Crippen molar-refractivity contribution in [2.45, 2.75) is 72.3 Å². The van der Waals surface area contributed by atoms with Gasteiger partial charge in [-0.3, -0.25) is 4.79 Å². The Labute approximate surface area is 100 Å². The minimum atomic E-state index is -0.0773. The van der Waals surface area contributed by atoms with Gasteiger partial charge in [0.25, 0.3) is 0 Å². The second-order valence-electron chi connectivity index (χ2n) is 6.11. The smallest absolute Gasteiger partial charge is 0.226 e. The van der Waals surface area contributed by atoms with E-state index < -0.39 is 0 Å². The van der Waals surface area contributed by atoms with Crippen LogP contribution in [0.15, 0.2) is 0 Å². The number of carbonyl (C=O) groups is 1. The molecule has 0 saturated heterocycles. The predicted molar refractivity (Wildman–Crippen MR) is 68.3 cm³/mol. The van der Waals surface area contributed by atoms with E-state index in [0.717, 1.165) is 25.2 Å². The molecule has 0 bridgehead atoms. The van der Waals surface area contributed by atoms with Crippen LogP contribution >= 0.6 is 0 Å². The summed E-state index contributed by atoms with van der Waals surface area (Å²) in [5.41, 5.74) is -0.0773. The Bertz CT molecular complexity index is 229. The van der Waals surface area contributed by atoms with Crippen molar-refractivity contribution in [2.75, 3.05) is 0 Å². The predicted octanol–water partition coefficient (Wildman–Crippen LogP) is 3.51. The van der Waals surface area contributed by atoms with E-state index in [1.807, 2.05) is 0 Å². The Balaban J connectivity index is 2.33. The number of carbonyl (C=O) groups excluding carboxylic acids is 1. The van der Waals surface area contributed by atoms with Gasteiger partial charge in [-0.05, 0) is 38.5 Å². The zero-order chi connectivity index (χ0) is 12.2. The lowest BCUT2D eigenvalue weighted by Gasteiger charge is -2.25. The normalized spacial score (nSPS) is 21.1. The molecule has 1 saturated carbocycles. The van der Waals surface area contributed by atoms with E-state index in [2.05, 4.69) is 33.0 Å². The van der Waals surface area contributed by atoms with Crippen molar-refractivity contribution in [3.05, 3.63) is 0 Å². The zero-order valence-electron chi connectivity index (χ0n) is 11.3. The van der Waals surface area contributed by atoms with Crippen molar-refractivity contribution in [3.63, 3.8) is 0 Å². The molecule has 0 heterocycles. The first-order chi connectivity index (χ1) is 7.44. The standard InChI is InChI=1S/C14H27NO/c1-11(2)7-8-12(3)15-13(16)14(4)9-5-6-10-14/h11-12H,5-10H2,1-4H3,(H,15,16)/t12-/m1/s1. The minimum absolute atomic E-state index is 0.0773. The number of rotatable bonds is 5. The summed E-state index contributed by atoms with van der Waals surface area (Å²) in [6, 6.07) is 0.326. The van der Waals surface area contributed by atoms with Crippen LogP contribution < -0.4 is 5.32 Å². The average molecular weight is 225 g/mol. The quantitative estimate of drug-likeness (QED) is 0.762. The van der Waals surface area contributed by atoms with Gasteiger partial charge in [-0.15, -0.1) is 0 Å². The molecular formula is C14H27NO. The Morgan fingerprint density at radius 1 is 1.19 bits per heavy atom. The highest BCUT2D eigenvalue weighted by Gasteiger charge is 2.36. The first-order valence-electron chi connectivity index (χ1n) is 6.75. The highest BCUT2D eigenvalue weighted by molar-refractivity contribution is 5.82. The molecule has 1 fully saturated rings. The van der Waals surface area contributed by atoms with Crippen LogP contribution in [0.5, 0.6) is 0 Å². The molecule has 2 nitrogen and oxygen atoms in total. The maximum absolute atomic E-state index is 12.1. The van der Waals surface area contributed by atoms with Crippen LogP contribution in [0.1, 0.15) is 66.2 Å². The van der Waals surface area contributed by atoms with Crippen molar-refractivity contribution in [1.29, 1.82) is 0 Å². The second kappa shape index (κ2) is 5.70. The van der Waals surface area contributed by atoms with Gasteiger partial charge in [0.1, 0.15) is 0 Å². The van der Waals surface area contributed by atoms with E-state index in [-0.39, 0.29) is 11.3 Å². The van der Waals surface area contributed by atoms with E-state index in [0.29, 0.717) is 6.04 Å². The van der Waals surface area contributed by atoms with E-state index >= 15 is 0 Å². The second-order valence-corrected chi connectivity index (χ2v) is 6.11. The van der Waals surface area contributed by atoms with Crippen molar-refractivity contribution < 1.29 is 4.79 Å². The number of nitrogens with one attached hydrogen (secondary N) is 1. The van der Waals surface area contributed by atoms with Gasteiger partial charge in [0.15, 0.2) is 0 Å². The number of amides is 1. The fraction of sp³-hybridized carbons (Fsp3) is 0.929. The zero-order valence-corrected chi connectivity index (χ0v) is 11.3. The van der Waals surface area contributed by atoms with Crippen molar-refractivity contribution in [3.8, 4) is 0 Å². The molecule has 1 atom stereocenters. The molecule has 16 heavy (non-hydrogen) atoms. The lowest BCUT2D eigenvalue weighted by molar-refractivity contribution is -0.130. The molecule has 1 aliphatic carbocycles. The molecular weight excluding hydrogens is 198 g/mol. The fourth-order valence-electron chi connectivity index (χ4n) is 2.44. The van der Waals surface area contributed by atoms with Gasteiger partial charge in [-0.1, -0.05) is 33.6 Å². The maximum Gasteiger partial charge on any atom is 0.226 e. The van der Waals surface area contributed by atoms with Crippen molar-refractivity contribution in [2.24, 2.45) is 11.3 Å². The van der Waals surface area contributed by atoms with E-state index in [1.165, 1.54) is 19.3 Å². The van der Waals surface area contributed by atoms with Gasteiger partial charge >= 0.3 is 0 Å². The van der Waals surface area contributed by atoms with Gasteiger partial charge < -0.3 is 5.32 Å². The molecule has 1 N–H and O–H groups in total. The SMILES string of the molecule is CC(C)CC[C@@H](C)NC(=O)C1(C)CCCC1. The summed E-state index contributed by atoms with van der Waals surface area (Å²) in [5.74, 6) is 1.00. The molecule has 94 valence electrons. The molecule has 0 spiro atoms. The molecule has 0 aliphatic heterocycles. The van der Waals surface area contributed by atoms with Crippen LogP contribution in [-0.2, 0) is 4.79 Å². The largest absolute Gasteiger partial charge is 0.353 e. The summed E-state index contributed by atoms with van der Waals surface area (Å²) in [6.07, 6.45) is 6.84. The van der Waals surface area contributed by atoms with Crippen LogP contribution in [0.4, 0.5) is 0 Å². The summed E-state index contributed by atoms with van der Waals surface area (Å²) in [4.78, 5) is 12.1. The lowest BCUT2D eigenvalue weighted by Crippen LogP contribution is -2.42. The first-order valence-corrected chi connectivity index (χ1v) is 6.75. The summed E-state index contributed by atoms with van der Waals surface area (Å²) in [7, 11) is 0. The van der Waals surface area contributed by atoms with E-state index in [9.17, 15) is 4.79 Å². The van der Waals surface area contributed by atoms with Crippen LogP contribution in [0, 0.1) is 11.3 Å². The minimum Gasteiger partial charge on any atom is -0.353 e. The molecule has 0 aromatic heterocycles. The van der Waals surface area contributed by atoms with Crippen LogP contribution in [0.2, 0.25) is 0 Å². The molecule has 1 aliphatic rings. The summed E-state index contributed by atoms with van der Waals surface area (Å²) in [5, 5.41) is 3.18. The third kappa shape index (κ3) is 3.80. The van der Waals surface area contributed by atoms with Gasteiger partial charge in [0.05, 0.1) is 0 Å².